The van der Waals surface area contributed by atoms with Crippen molar-refractivity contribution in [3.63, 3.8) is 0 Å². The number of aromatic carboxylic acids is 1. The maximum atomic E-state index is 12.1. The third kappa shape index (κ3) is 5.07. The lowest BCUT2D eigenvalue weighted by Crippen LogP contribution is -2.44. The molecule has 0 saturated heterocycles. The molecule has 0 aliphatic heterocycles. The number of anilines is 1. The van der Waals surface area contributed by atoms with Crippen molar-refractivity contribution in [2.24, 2.45) is 0 Å². The molecule has 0 atom stereocenters. The predicted molar refractivity (Wildman–Crippen MR) is 80.8 cm³/mol. The molecule has 0 saturated carbocycles. The van der Waals surface area contributed by atoms with Gasteiger partial charge in [-0.1, -0.05) is 0 Å². The Balaban J connectivity index is 2.69. The van der Waals surface area contributed by atoms with E-state index in [1.165, 1.54) is 11.0 Å². The first-order chi connectivity index (χ1) is 9.85. The topological polar surface area (TPSA) is 98.7 Å². The second kappa shape index (κ2) is 7.63. The number of carboxylic acids is 1. The van der Waals surface area contributed by atoms with Crippen LogP contribution in [-0.2, 0) is 4.79 Å². The summed E-state index contributed by atoms with van der Waals surface area (Å²) in [5.74, 6) is -1.36. The van der Waals surface area contributed by atoms with Crippen molar-refractivity contribution in [3.05, 3.63) is 17.0 Å². The Hall–Kier alpha value is -2.09. The van der Waals surface area contributed by atoms with Crippen LogP contribution in [0.3, 0.4) is 0 Å². The number of nitrogens with zero attached hydrogens (tertiary/aromatic N) is 1. The van der Waals surface area contributed by atoms with E-state index < -0.39 is 12.0 Å². The number of amides is 3. The number of carbonyl (C=O) groups excluding carboxylic acids is 2. The van der Waals surface area contributed by atoms with Gasteiger partial charge >= 0.3 is 12.0 Å². The number of urea groups is 1. The fourth-order valence-electron chi connectivity index (χ4n) is 1.62. The maximum Gasteiger partial charge on any atom is 0.338 e. The van der Waals surface area contributed by atoms with Crippen molar-refractivity contribution in [2.45, 2.75) is 26.8 Å². The number of nitrogens with one attached hydrogen (secondary N) is 2. The van der Waals surface area contributed by atoms with E-state index in [4.69, 9.17) is 5.11 Å². The fourth-order valence-corrected chi connectivity index (χ4v) is 2.39. The third-order valence-corrected chi connectivity index (χ3v) is 3.40. The van der Waals surface area contributed by atoms with Crippen LogP contribution in [0.5, 0.6) is 0 Å². The molecule has 0 unspecified atom stereocenters. The highest BCUT2D eigenvalue weighted by Crippen LogP contribution is 2.23. The number of carbonyl (C=O) groups is 3. The Kier molecular flexibility index (Phi) is 6.16. The van der Waals surface area contributed by atoms with Crippen LogP contribution in [0.25, 0.3) is 0 Å². The summed E-state index contributed by atoms with van der Waals surface area (Å²) in [6.07, 6.45) is 0. The van der Waals surface area contributed by atoms with E-state index >= 15 is 0 Å². The second-order valence-corrected chi connectivity index (χ2v) is 5.55. The molecule has 0 bridgehead atoms. The van der Waals surface area contributed by atoms with Crippen molar-refractivity contribution < 1.29 is 19.5 Å². The van der Waals surface area contributed by atoms with Gasteiger partial charge in [0.15, 0.2) is 0 Å². The molecule has 0 aromatic carbocycles. The van der Waals surface area contributed by atoms with E-state index in [1.54, 1.807) is 12.3 Å². The number of rotatable bonds is 6. The normalized spacial score (nSPS) is 10.3. The Morgan fingerprint density at radius 3 is 2.57 bits per heavy atom. The molecule has 21 heavy (non-hydrogen) atoms. The summed E-state index contributed by atoms with van der Waals surface area (Å²) in [6.45, 7) is 5.67. The molecule has 0 fully saturated rings. The van der Waals surface area contributed by atoms with Gasteiger partial charge in [-0.15, -0.1) is 11.3 Å². The zero-order valence-corrected chi connectivity index (χ0v) is 13.0. The van der Waals surface area contributed by atoms with Gasteiger partial charge in [0.1, 0.15) is 11.5 Å². The monoisotopic (exact) mass is 313 g/mol. The first kappa shape index (κ1) is 17.0. The van der Waals surface area contributed by atoms with Gasteiger partial charge in [0.25, 0.3) is 0 Å². The van der Waals surface area contributed by atoms with Crippen molar-refractivity contribution >= 4 is 34.2 Å². The van der Waals surface area contributed by atoms with E-state index in [-0.39, 0.29) is 29.1 Å². The van der Waals surface area contributed by atoms with Crippen LogP contribution in [-0.4, -0.2) is 47.0 Å². The van der Waals surface area contributed by atoms with Crippen molar-refractivity contribution in [2.75, 3.05) is 18.4 Å². The van der Waals surface area contributed by atoms with E-state index in [1.807, 2.05) is 13.8 Å². The van der Waals surface area contributed by atoms with Gasteiger partial charge in [0.05, 0.1) is 5.56 Å². The molecule has 1 aromatic heterocycles. The first-order valence-corrected chi connectivity index (χ1v) is 7.39. The van der Waals surface area contributed by atoms with Crippen LogP contribution in [0.2, 0.25) is 0 Å². The molecule has 1 rings (SSSR count). The van der Waals surface area contributed by atoms with E-state index in [2.05, 4.69) is 10.6 Å². The molecule has 0 spiro atoms. The number of hydrogen-bond donors (Lipinski definition) is 3. The van der Waals surface area contributed by atoms with E-state index in [0.29, 0.717) is 6.54 Å². The minimum Gasteiger partial charge on any atom is -0.478 e. The molecular formula is C13H19N3O4S. The summed E-state index contributed by atoms with van der Waals surface area (Å²) in [5, 5.41) is 16.1. The van der Waals surface area contributed by atoms with Crippen molar-refractivity contribution in [1.82, 2.24) is 10.2 Å². The summed E-state index contributed by atoms with van der Waals surface area (Å²) in [7, 11) is 0. The lowest BCUT2D eigenvalue weighted by atomic mass is 10.3. The quantitative estimate of drug-likeness (QED) is 0.746. The smallest absolute Gasteiger partial charge is 0.338 e. The van der Waals surface area contributed by atoms with Crippen LogP contribution >= 0.6 is 11.3 Å². The minimum atomic E-state index is -1.10. The summed E-state index contributed by atoms with van der Waals surface area (Å²) in [5.41, 5.74) is 0.0380. The highest BCUT2D eigenvalue weighted by molar-refractivity contribution is 7.14. The zero-order chi connectivity index (χ0) is 16.0. The van der Waals surface area contributed by atoms with Crippen molar-refractivity contribution in [1.29, 1.82) is 0 Å². The number of likely N-dealkylation sites (N-methyl/N-ethyl adjacent to an activating group) is 1. The van der Waals surface area contributed by atoms with Crippen LogP contribution in [0, 0.1) is 0 Å². The van der Waals surface area contributed by atoms with Crippen molar-refractivity contribution in [3.8, 4) is 0 Å². The van der Waals surface area contributed by atoms with Crippen LogP contribution in [0.1, 0.15) is 31.1 Å². The van der Waals surface area contributed by atoms with Gasteiger partial charge in [0.2, 0.25) is 5.91 Å². The molecule has 1 aromatic rings. The van der Waals surface area contributed by atoms with Gasteiger partial charge in [-0.25, -0.2) is 9.59 Å². The largest absolute Gasteiger partial charge is 0.478 e. The van der Waals surface area contributed by atoms with E-state index in [9.17, 15) is 14.4 Å². The molecule has 0 aliphatic rings. The van der Waals surface area contributed by atoms with Gasteiger partial charge < -0.3 is 15.3 Å². The molecule has 0 radical (unpaired) electrons. The number of hydrogen-bond acceptors (Lipinski definition) is 4. The highest BCUT2D eigenvalue weighted by atomic mass is 32.1. The summed E-state index contributed by atoms with van der Waals surface area (Å²) in [6, 6.07) is 0.918. The molecule has 3 amide bonds. The predicted octanol–water partition coefficient (Wildman–Crippen LogP) is 1.82. The molecule has 7 nitrogen and oxygen atoms in total. The number of thiophene rings is 1. The standard InChI is InChI=1S/C13H19N3O4S/c1-4-16(7-10(17)14-8(2)3)13(20)15-11-9(12(18)19)5-6-21-11/h5-6,8H,4,7H2,1-3H3,(H,14,17)(H,15,20)(H,18,19). The first-order valence-electron chi connectivity index (χ1n) is 6.51. The van der Waals surface area contributed by atoms with Crippen LogP contribution in [0.15, 0.2) is 11.4 Å². The minimum absolute atomic E-state index is 0.00447. The molecule has 116 valence electrons. The Labute approximate surface area is 126 Å². The highest BCUT2D eigenvalue weighted by Gasteiger charge is 2.19. The lowest BCUT2D eigenvalue weighted by Gasteiger charge is -2.21. The zero-order valence-electron chi connectivity index (χ0n) is 12.2. The van der Waals surface area contributed by atoms with Gasteiger partial charge in [0, 0.05) is 12.6 Å². The van der Waals surface area contributed by atoms with Crippen LogP contribution in [0.4, 0.5) is 9.80 Å². The van der Waals surface area contributed by atoms with Crippen LogP contribution < -0.4 is 10.6 Å². The SMILES string of the molecule is CCN(CC(=O)NC(C)C)C(=O)Nc1sccc1C(=O)O. The second-order valence-electron chi connectivity index (χ2n) is 4.64. The molecule has 1 heterocycles. The van der Waals surface area contributed by atoms with Gasteiger partial charge in [-0.2, -0.15) is 0 Å². The average Bonchev–Trinajstić information content (AvgIpc) is 2.83. The molecular weight excluding hydrogens is 294 g/mol. The van der Waals surface area contributed by atoms with Gasteiger partial charge in [-0.05, 0) is 32.2 Å². The molecule has 3 N–H and O–H groups in total. The summed E-state index contributed by atoms with van der Waals surface area (Å²) >= 11 is 1.12. The molecule has 8 heteroatoms. The third-order valence-electron chi connectivity index (χ3n) is 2.57. The fraction of sp³-hybridized carbons (Fsp3) is 0.462. The molecule has 0 aliphatic carbocycles. The Bertz CT molecular complexity index is 527. The maximum absolute atomic E-state index is 12.1. The van der Waals surface area contributed by atoms with E-state index in [0.717, 1.165) is 11.3 Å². The van der Waals surface area contributed by atoms with Gasteiger partial charge in [-0.3, -0.25) is 10.1 Å². The number of carboxylic acid groups (broad SMARTS) is 1. The summed E-state index contributed by atoms with van der Waals surface area (Å²) < 4.78 is 0. The Morgan fingerprint density at radius 2 is 2.05 bits per heavy atom. The average molecular weight is 313 g/mol. The lowest BCUT2D eigenvalue weighted by molar-refractivity contribution is -0.122. The summed E-state index contributed by atoms with van der Waals surface area (Å²) in [4.78, 5) is 36.1. The Morgan fingerprint density at radius 1 is 1.38 bits per heavy atom.